The second-order valence-corrected chi connectivity index (χ2v) is 6.74. The molecule has 4 nitrogen and oxygen atoms in total. The highest BCUT2D eigenvalue weighted by atomic mass is 32.2. The van der Waals surface area contributed by atoms with E-state index < -0.39 is 10.0 Å². The highest BCUT2D eigenvalue weighted by Crippen LogP contribution is 2.22. The summed E-state index contributed by atoms with van der Waals surface area (Å²) in [5.74, 6) is 0.363. The molecule has 5 heteroatoms. The Kier molecular flexibility index (Phi) is 5.38. The zero-order valence-corrected chi connectivity index (χ0v) is 13.0. The number of hydrogen-bond donors (Lipinski definition) is 2. The van der Waals surface area contributed by atoms with Crippen molar-refractivity contribution in [1.29, 1.82) is 0 Å². The largest absolute Gasteiger partial charge is 0.398 e. The van der Waals surface area contributed by atoms with Gasteiger partial charge in [-0.05, 0) is 43.0 Å². The standard InChI is InChI=1S/C14H24N2O2S/c1-5-12(6-2)9-16-19(17,18)14-8-11(4)10(3)7-13(14)15/h7-8,12,16H,5-6,9,15H2,1-4H3. The maximum atomic E-state index is 12.3. The van der Waals surface area contributed by atoms with Crippen LogP contribution in [0.15, 0.2) is 17.0 Å². The highest BCUT2D eigenvalue weighted by molar-refractivity contribution is 7.89. The molecule has 1 rings (SSSR count). The minimum absolute atomic E-state index is 0.182. The van der Waals surface area contributed by atoms with Crippen LogP contribution in [0.1, 0.15) is 37.8 Å². The van der Waals surface area contributed by atoms with E-state index in [9.17, 15) is 8.42 Å². The zero-order chi connectivity index (χ0) is 14.6. The summed E-state index contributed by atoms with van der Waals surface area (Å²) >= 11 is 0. The Bertz CT molecular complexity index is 535. The van der Waals surface area contributed by atoms with Crippen LogP contribution in [0.5, 0.6) is 0 Å². The molecule has 1 aromatic carbocycles. The second-order valence-electron chi connectivity index (χ2n) is 5.01. The molecule has 0 unspecified atom stereocenters. The molecule has 108 valence electrons. The molecule has 0 fully saturated rings. The lowest BCUT2D eigenvalue weighted by molar-refractivity contribution is 0.479. The van der Waals surface area contributed by atoms with E-state index in [1.165, 1.54) is 0 Å². The Balaban J connectivity index is 2.98. The van der Waals surface area contributed by atoms with E-state index in [-0.39, 0.29) is 4.90 Å². The molecule has 0 heterocycles. The van der Waals surface area contributed by atoms with Gasteiger partial charge in [0.25, 0.3) is 0 Å². The molecular weight excluding hydrogens is 260 g/mol. The lowest BCUT2D eigenvalue weighted by atomic mass is 10.0. The molecule has 0 amide bonds. The number of aryl methyl sites for hydroxylation is 2. The average Bonchev–Trinajstić information content (AvgIpc) is 2.34. The third kappa shape index (κ3) is 3.94. The van der Waals surface area contributed by atoms with Gasteiger partial charge in [0.15, 0.2) is 0 Å². The Labute approximate surface area is 116 Å². The monoisotopic (exact) mass is 284 g/mol. The van der Waals surface area contributed by atoms with E-state index in [0.29, 0.717) is 18.2 Å². The average molecular weight is 284 g/mol. The molecule has 3 N–H and O–H groups in total. The molecule has 0 atom stereocenters. The van der Waals surface area contributed by atoms with Crippen molar-refractivity contribution in [3.05, 3.63) is 23.3 Å². The number of anilines is 1. The van der Waals surface area contributed by atoms with Crippen molar-refractivity contribution in [3.63, 3.8) is 0 Å². The molecule has 0 bridgehead atoms. The summed E-state index contributed by atoms with van der Waals surface area (Å²) in [6, 6.07) is 3.35. The molecule has 0 aliphatic carbocycles. The Hall–Kier alpha value is -1.07. The summed E-state index contributed by atoms with van der Waals surface area (Å²) in [6.45, 7) is 8.38. The summed E-state index contributed by atoms with van der Waals surface area (Å²) in [6.07, 6.45) is 1.92. The lowest BCUT2D eigenvalue weighted by Gasteiger charge is -2.15. The number of rotatable bonds is 6. The summed E-state index contributed by atoms with van der Waals surface area (Å²) in [5.41, 5.74) is 8.06. The minimum atomic E-state index is -3.52. The first-order valence-corrected chi connectivity index (χ1v) is 8.16. The topological polar surface area (TPSA) is 72.2 Å². The fourth-order valence-electron chi connectivity index (χ4n) is 1.93. The molecule has 0 radical (unpaired) electrons. The predicted octanol–water partition coefficient (Wildman–Crippen LogP) is 2.60. The Morgan fingerprint density at radius 3 is 2.21 bits per heavy atom. The van der Waals surface area contributed by atoms with Crippen molar-refractivity contribution >= 4 is 15.7 Å². The number of hydrogen-bond acceptors (Lipinski definition) is 3. The van der Waals surface area contributed by atoms with Gasteiger partial charge in [-0.15, -0.1) is 0 Å². The number of sulfonamides is 1. The third-order valence-electron chi connectivity index (χ3n) is 3.63. The summed E-state index contributed by atoms with van der Waals surface area (Å²) in [4.78, 5) is 0.182. The maximum Gasteiger partial charge on any atom is 0.242 e. The van der Waals surface area contributed by atoms with Crippen LogP contribution in [0.25, 0.3) is 0 Å². The van der Waals surface area contributed by atoms with Gasteiger partial charge in [0.2, 0.25) is 10.0 Å². The zero-order valence-electron chi connectivity index (χ0n) is 12.2. The van der Waals surface area contributed by atoms with E-state index in [4.69, 9.17) is 5.73 Å². The van der Waals surface area contributed by atoms with E-state index in [2.05, 4.69) is 18.6 Å². The molecule has 19 heavy (non-hydrogen) atoms. The van der Waals surface area contributed by atoms with Crippen molar-refractivity contribution in [2.75, 3.05) is 12.3 Å². The molecule has 0 spiro atoms. The Morgan fingerprint density at radius 2 is 1.68 bits per heavy atom. The summed E-state index contributed by atoms with van der Waals surface area (Å²) < 4.78 is 27.2. The smallest absolute Gasteiger partial charge is 0.242 e. The van der Waals surface area contributed by atoms with Crippen LogP contribution in [0, 0.1) is 19.8 Å². The molecule has 0 aliphatic heterocycles. The van der Waals surface area contributed by atoms with Crippen molar-refractivity contribution in [2.45, 2.75) is 45.4 Å². The van der Waals surface area contributed by atoms with Gasteiger partial charge in [0.05, 0.1) is 5.69 Å². The molecule has 1 aromatic rings. The van der Waals surface area contributed by atoms with Crippen LogP contribution in [0.2, 0.25) is 0 Å². The molecule has 0 aromatic heterocycles. The first-order chi connectivity index (χ1) is 8.81. The van der Waals surface area contributed by atoms with Crippen molar-refractivity contribution in [2.24, 2.45) is 5.92 Å². The SMILES string of the molecule is CCC(CC)CNS(=O)(=O)c1cc(C)c(C)cc1N. The van der Waals surface area contributed by atoms with Gasteiger partial charge in [-0.1, -0.05) is 26.7 Å². The molecule has 0 saturated carbocycles. The first-order valence-electron chi connectivity index (χ1n) is 6.68. The van der Waals surface area contributed by atoms with Gasteiger partial charge in [-0.3, -0.25) is 0 Å². The van der Waals surface area contributed by atoms with Crippen LogP contribution in [-0.2, 0) is 10.0 Å². The fraction of sp³-hybridized carbons (Fsp3) is 0.571. The van der Waals surface area contributed by atoms with Crippen molar-refractivity contribution in [3.8, 4) is 0 Å². The minimum Gasteiger partial charge on any atom is -0.398 e. The maximum absolute atomic E-state index is 12.3. The number of nitrogen functional groups attached to an aromatic ring is 1. The van der Waals surface area contributed by atoms with Gasteiger partial charge >= 0.3 is 0 Å². The van der Waals surface area contributed by atoms with E-state index in [1.54, 1.807) is 12.1 Å². The third-order valence-corrected chi connectivity index (χ3v) is 5.11. The number of nitrogens with one attached hydrogen (secondary N) is 1. The lowest BCUT2D eigenvalue weighted by Crippen LogP contribution is -2.29. The van der Waals surface area contributed by atoms with Gasteiger partial charge in [-0.2, -0.15) is 0 Å². The van der Waals surface area contributed by atoms with Crippen LogP contribution in [-0.4, -0.2) is 15.0 Å². The predicted molar refractivity (Wildman–Crippen MR) is 79.6 cm³/mol. The van der Waals surface area contributed by atoms with Crippen LogP contribution < -0.4 is 10.5 Å². The van der Waals surface area contributed by atoms with Gasteiger partial charge in [0.1, 0.15) is 4.90 Å². The van der Waals surface area contributed by atoms with Gasteiger partial charge in [0, 0.05) is 6.54 Å². The number of nitrogens with two attached hydrogens (primary N) is 1. The van der Waals surface area contributed by atoms with Crippen LogP contribution >= 0.6 is 0 Å². The molecular formula is C14H24N2O2S. The molecule has 0 saturated heterocycles. The summed E-state index contributed by atoms with van der Waals surface area (Å²) in [7, 11) is -3.52. The van der Waals surface area contributed by atoms with Crippen LogP contribution in [0.3, 0.4) is 0 Å². The van der Waals surface area contributed by atoms with Gasteiger partial charge in [-0.25, -0.2) is 13.1 Å². The highest BCUT2D eigenvalue weighted by Gasteiger charge is 2.19. The Morgan fingerprint density at radius 1 is 1.16 bits per heavy atom. The second kappa shape index (κ2) is 6.39. The van der Waals surface area contributed by atoms with E-state index >= 15 is 0 Å². The van der Waals surface area contributed by atoms with Crippen molar-refractivity contribution in [1.82, 2.24) is 4.72 Å². The number of benzene rings is 1. The van der Waals surface area contributed by atoms with E-state index in [1.807, 2.05) is 13.8 Å². The van der Waals surface area contributed by atoms with Crippen LogP contribution in [0.4, 0.5) is 5.69 Å². The quantitative estimate of drug-likeness (QED) is 0.789. The fourth-order valence-corrected chi connectivity index (χ4v) is 3.24. The van der Waals surface area contributed by atoms with Crippen molar-refractivity contribution < 1.29 is 8.42 Å². The molecule has 0 aliphatic rings. The normalized spacial score (nSPS) is 12.1. The van der Waals surface area contributed by atoms with E-state index in [0.717, 1.165) is 24.0 Å². The summed E-state index contributed by atoms with van der Waals surface area (Å²) in [5, 5.41) is 0. The first kappa shape index (κ1) is 16.0. The van der Waals surface area contributed by atoms with Gasteiger partial charge < -0.3 is 5.73 Å².